The molecule has 0 aliphatic carbocycles. The van der Waals surface area contributed by atoms with Crippen LogP contribution in [0.3, 0.4) is 0 Å². The molecule has 0 aliphatic rings. The molecule has 1 atom stereocenters. The zero-order valence-electron chi connectivity index (χ0n) is 24.5. The summed E-state index contributed by atoms with van der Waals surface area (Å²) < 4.78 is 52.0. The number of methoxy groups -OCH3 is 1. The predicted molar refractivity (Wildman–Crippen MR) is 170 cm³/mol. The van der Waals surface area contributed by atoms with Crippen LogP contribution >= 0.6 is 11.6 Å². The number of hydrogen-bond donors (Lipinski definition) is 2. The van der Waals surface area contributed by atoms with Gasteiger partial charge in [0.15, 0.2) is 6.61 Å². The highest BCUT2D eigenvalue weighted by molar-refractivity contribution is 7.92. The Labute approximate surface area is 267 Å². The summed E-state index contributed by atoms with van der Waals surface area (Å²) in [6.07, 6.45) is 0.600. The van der Waals surface area contributed by atoms with Crippen LogP contribution in [0.1, 0.15) is 23.6 Å². The van der Waals surface area contributed by atoms with Gasteiger partial charge in [-0.25, -0.2) is 12.8 Å². The highest BCUT2D eigenvalue weighted by Crippen LogP contribution is 2.26. The fraction of sp³-hybridized carbons (Fsp3) is 0.212. The zero-order valence-corrected chi connectivity index (χ0v) is 26.1. The number of nitrogens with one attached hydrogen (secondary N) is 2. The molecule has 2 N–H and O–H groups in total. The molecule has 45 heavy (non-hydrogen) atoms. The molecule has 0 fully saturated rings. The second-order valence-corrected chi connectivity index (χ2v) is 12.1. The van der Waals surface area contributed by atoms with E-state index in [0.29, 0.717) is 30.2 Å². The summed E-state index contributed by atoms with van der Waals surface area (Å²) in [6.45, 7) is 0.505. The average Bonchev–Trinajstić information content (AvgIpc) is 3.04. The summed E-state index contributed by atoms with van der Waals surface area (Å²) in [4.78, 5) is 28.7. The van der Waals surface area contributed by atoms with Crippen molar-refractivity contribution in [1.82, 2.24) is 10.2 Å². The standard InChI is InChI=1S/C33H33ClFN3O6S/c1-43-21-5-20-36-33(40)32(25-6-3-2-4-7-25)38(22-24-8-10-26(34)11-9-24)31(39)23-44-29-16-18-30(19-17-29)45(41,42)37-28-14-12-27(35)13-15-28/h2-4,6-19,32,37H,5,20-23H2,1H3,(H,36,40). The highest BCUT2D eigenvalue weighted by Gasteiger charge is 2.31. The van der Waals surface area contributed by atoms with Gasteiger partial charge in [-0.05, 0) is 78.2 Å². The van der Waals surface area contributed by atoms with E-state index >= 15 is 0 Å². The maximum atomic E-state index is 13.8. The molecule has 1 unspecified atom stereocenters. The van der Waals surface area contributed by atoms with Gasteiger partial charge >= 0.3 is 0 Å². The maximum Gasteiger partial charge on any atom is 0.261 e. The number of nitrogens with zero attached hydrogens (tertiary/aromatic N) is 1. The molecule has 2 amide bonds. The number of ether oxygens (including phenoxy) is 2. The molecule has 0 radical (unpaired) electrons. The minimum atomic E-state index is -3.95. The van der Waals surface area contributed by atoms with Crippen LogP contribution in [0.25, 0.3) is 0 Å². The van der Waals surface area contributed by atoms with Crippen LogP contribution < -0.4 is 14.8 Å². The van der Waals surface area contributed by atoms with E-state index in [0.717, 1.165) is 17.7 Å². The van der Waals surface area contributed by atoms with E-state index < -0.39 is 34.4 Å². The fourth-order valence-electron chi connectivity index (χ4n) is 4.42. The van der Waals surface area contributed by atoms with E-state index in [-0.39, 0.29) is 28.8 Å². The van der Waals surface area contributed by atoms with E-state index in [2.05, 4.69) is 10.0 Å². The third-order valence-corrected chi connectivity index (χ3v) is 8.33. The lowest BCUT2D eigenvalue weighted by Crippen LogP contribution is -2.45. The first kappa shape index (κ1) is 33.4. The molecular weight excluding hydrogens is 621 g/mol. The Morgan fingerprint density at radius 2 is 1.58 bits per heavy atom. The number of carbonyl (C=O) groups excluding carboxylic acids is 2. The molecule has 0 saturated heterocycles. The number of anilines is 1. The van der Waals surface area contributed by atoms with E-state index in [1.807, 2.05) is 6.07 Å². The van der Waals surface area contributed by atoms with Gasteiger partial charge in [0.1, 0.15) is 17.6 Å². The molecule has 4 aromatic rings. The second-order valence-electron chi connectivity index (χ2n) is 9.97. The summed E-state index contributed by atoms with van der Waals surface area (Å²) in [6, 6.07) is 25.4. The number of rotatable bonds is 15. The number of sulfonamides is 1. The van der Waals surface area contributed by atoms with Crippen molar-refractivity contribution in [2.24, 2.45) is 0 Å². The van der Waals surface area contributed by atoms with Crippen molar-refractivity contribution in [3.05, 3.63) is 125 Å². The fourth-order valence-corrected chi connectivity index (χ4v) is 5.60. The molecule has 12 heteroatoms. The lowest BCUT2D eigenvalue weighted by Gasteiger charge is -2.31. The van der Waals surface area contributed by atoms with Gasteiger partial charge in [0, 0.05) is 37.5 Å². The Morgan fingerprint density at radius 1 is 0.911 bits per heavy atom. The van der Waals surface area contributed by atoms with Crippen LogP contribution in [0, 0.1) is 5.82 Å². The average molecular weight is 654 g/mol. The van der Waals surface area contributed by atoms with Crippen LogP contribution in [-0.2, 0) is 30.9 Å². The molecule has 0 aliphatic heterocycles. The normalized spacial score (nSPS) is 11.8. The van der Waals surface area contributed by atoms with Crippen LogP contribution in [0.5, 0.6) is 5.75 Å². The van der Waals surface area contributed by atoms with Gasteiger partial charge in [-0.15, -0.1) is 0 Å². The van der Waals surface area contributed by atoms with Gasteiger partial charge in [0.05, 0.1) is 4.90 Å². The van der Waals surface area contributed by atoms with Crippen LogP contribution in [0.15, 0.2) is 108 Å². The van der Waals surface area contributed by atoms with Crippen molar-refractivity contribution in [3.63, 3.8) is 0 Å². The quantitative estimate of drug-likeness (QED) is 0.162. The Bertz CT molecular complexity index is 1660. The smallest absolute Gasteiger partial charge is 0.261 e. The maximum absolute atomic E-state index is 13.8. The van der Waals surface area contributed by atoms with Crippen molar-refractivity contribution >= 4 is 39.1 Å². The van der Waals surface area contributed by atoms with Gasteiger partial charge < -0.3 is 19.7 Å². The third-order valence-electron chi connectivity index (χ3n) is 6.68. The molecule has 4 rings (SSSR count). The molecule has 0 bridgehead atoms. The molecule has 0 saturated carbocycles. The molecule has 236 valence electrons. The van der Waals surface area contributed by atoms with Gasteiger partial charge in [-0.1, -0.05) is 54.1 Å². The van der Waals surface area contributed by atoms with E-state index in [1.165, 1.54) is 41.3 Å². The molecule has 9 nitrogen and oxygen atoms in total. The second kappa shape index (κ2) is 16.0. The SMILES string of the molecule is COCCCNC(=O)C(c1ccccc1)N(Cc1ccc(Cl)cc1)C(=O)COc1ccc(S(=O)(=O)Nc2ccc(F)cc2)cc1. The summed E-state index contributed by atoms with van der Waals surface area (Å²) in [5, 5.41) is 3.44. The molecule has 4 aromatic carbocycles. The third kappa shape index (κ3) is 9.77. The highest BCUT2D eigenvalue weighted by atomic mass is 35.5. The Hall–Kier alpha value is -4.45. The van der Waals surface area contributed by atoms with E-state index in [1.54, 1.807) is 55.6 Å². The number of halogens is 2. The number of benzene rings is 4. The van der Waals surface area contributed by atoms with E-state index in [4.69, 9.17) is 21.1 Å². The molecule has 0 spiro atoms. The Kier molecular flexibility index (Phi) is 11.9. The molecule has 0 heterocycles. The first-order chi connectivity index (χ1) is 21.7. The summed E-state index contributed by atoms with van der Waals surface area (Å²) in [7, 11) is -2.37. The summed E-state index contributed by atoms with van der Waals surface area (Å²) in [5.41, 5.74) is 1.58. The molecule has 0 aromatic heterocycles. The first-order valence-corrected chi connectivity index (χ1v) is 15.9. The first-order valence-electron chi connectivity index (χ1n) is 14.0. The lowest BCUT2D eigenvalue weighted by molar-refractivity contribution is -0.143. The van der Waals surface area contributed by atoms with E-state index in [9.17, 15) is 22.4 Å². The topological polar surface area (TPSA) is 114 Å². The van der Waals surface area contributed by atoms with Gasteiger partial charge in [-0.3, -0.25) is 14.3 Å². The van der Waals surface area contributed by atoms with Crippen LogP contribution in [0.2, 0.25) is 5.02 Å². The molecular formula is C33H33ClFN3O6S. The summed E-state index contributed by atoms with van der Waals surface area (Å²) in [5.74, 6) is -1.07. The van der Waals surface area contributed by atoms with Crippen molar-refractivity contribution < 1.29 is 31.9 Å². The predicted octanol–water partition coefficient (Wildman–Crippen LogP) is 5.58. The Balaban J connectivity index is 1.53. The van der Waals surface area contributed by atoms with Crippen molar-refractivity contribution in [2.45, 2.75) is 23.9 Å². The van der Waals surface area contributed by atoms with Gasteiger partial charge in [-0.2, -0.15) is 0 Å². The number of amides is 2. The lowest BCUT2D eigenvalue weighted by atomic mass is 10.0. The van der Waals surface area contributed by atoms with Crippen molar-refractivity contribution in [3.8, 4) is 5.75 Å². The number of carbonyl (C=O) groups is 2. The Morgan fingerprint density at radius 3 is 2.22 bits per heavy atom. The van der Waals surface area contributed by atoms with Crippen molar-refractivity contribution in [2.75, 3.05) is 31.6 Å². The number of hydrogen-bond acceptors (Lipinski definition) is 6. The van der Waals surface area contributed by atoms with Crippen LogP contribution in [0.4, 0.5) is 10.1 Å². The zero-order chi connectivity index (χ0) is 32.2. The van der Waals surface area contributed by atoms with Crippen LogP contribution in [-0.4, -0.2) is 52.0 Å². The largest absolute Gasteiger partial charge is 0.484 e. The van der Waals surface area contributed by atoms with Gasteiger partial charge in [0.25, 0.3) is 15.9 Å². The minimum absolute atomic E-state index is 0.0517. The monoisotopic (exact) mass is 653 g/mol. The summed E-state index contributed by atoms with van der Waals surface area (Å²) >= 11 is 6.08. The minimum Gasteiger partial charge on any atom is -0.484 e. The van der Waals surface area contributed by atoms with Gasteiger partial charge in [0.2, 0.25) is 5.91 Å². The van der Waals surface area contributed by atoms with Crippen molar-refractivity contribution in [1.29, 1.82) is 0 Å².